The van der Waals surface area contributed by atoms with E-state index in [-0.39, 0.29) is 104 Å². The van der Waals surface area contributed by atoms with Crippen molar-refractivity contribution in [2.45, 2.75) is 0 Å². The van der Waals surface area contributed by atoms with Crippen LogP contribution >= 0.6 is 0 Å². The Morgan fingerprint density at radius 3 is 1.29 bits per heavy atom. The molecule has 0 aliphatic rings. The van der Waals surface area contributed by atoms with E-state index < -0.39 is 9.17 Å². The zero-order valence-corrected chi connectivity index (χ0v) is 12.5. The Morgan fingerprint density at radius 1 is 1.29 bits per heavy atom. The van der Waals surface area contributed by atoms with E-state index in [0.717, 1.165) is 0 Å². The van der Waals surface area contributed by atoms with Crippen LogP contribution in [0.4, 0.5) is 0 Å². The van der Waals surface area contributed by atoms with Crippen LogP contribution < -0.4 is 9.59 Å². The van der Waals surface area contributed by atoms with Gasteiger partial charge in [-0.25, -0.2) is 0 Å². The van der Waals surface area contributed by atoms with Crippen LogP contribution in [-0.2, 0) is 4.46 Å². The Labute approximate surface area is 124 Å². The van der Waals surface area contributed by atoms with Gasteiger partial charge in [0.25, 0.3) is 0 Å². The molecule has 0 saturated carbocycles. The van der Waals surface area contributed by atoms with Crippen molar-refractivity contribution < 1.29 is 14.1 Å². The van der Waals surface area contributed by atoms with Gasteiger partial charge in [0.05, 0.1) is 0 Å². The summed E-state index contributed by atoms with van der Waals surface area (Å²) >= 11 is 0. The van der Waals surface area contributed by atoms with Crippen LogP contribution in [0.25, 0.3) is 0 Å². The molecular formula is AlBaCaO3Si+5. The molecule has 3 nitrogen and oxygen atoms in total. The van der Waals surface area contributed by atoms with Crippen LogP contribution in [0.15, 0.2) is 0 Å². The summed E-state index contributed by atoms with van der Waals surface area (Å²) in [6, 6.07) is 0. The van der Waals surface area contributed by atoms with E-state index in [4.69, 9.17) is 14.1 Å². The molecule has 0 rings (SSSR count). The maximum atomic E-state index is 8.52. The summed E-state index contributed by atoms with van der Waals surface area (Å²) in [6.45, 7) is 0. The van der Waals surface area contributed by atoms with Crippen molar-refractivity contribution in [2.24, 2.45) is 0 Å². The first-order valence-corrected chi connectivity index (χ1v) is 1.84. The molecule has 0 radical (unpaired) electrons. The smallest absolute Gasteiger partial charge is 0.672 e. The van der Waals surface area contributed by atoms with E-state index in [9.17, 15) is 0 Å². The van der Waals surface area contributed by atoms with Crippen LogP contribution in [0.5, 0.6) is 0 Å². The molecule has 0 bridgehead atoms. The standard InChI is InChI=1S/Al.Ba.Ca.O3Si/c;;;1-4(2)3/q+3;2*+2;-2. The van der Waals surface area contributed by atoms with E-state index in [0.29, 0.717) is 0 Å². The third-order valence-corrected chi connectivity index (χ3v) is 0. The Kier molecular flexibility index (Phi) is 51.4. The Bertz CT molecular complexity index is 37.9. The van der Waals surface area contributed by atoms with Gasteiger partial charge < -0.3 is 14.1 Å². The molecular weight excluding hydrogens is 280 g/mol. The molecule has 0 heterocycles. The van der Waals surface area contributed by atoms with Gasteiger partial charge in [0, 0.05) is 9.17 Å². The Hall–Kier alpha value is 2.98. The summed E-state index contributed by atoms with van der Waals surface area (Å²) in [5.41, 5.74) is 0. The monoisotopic (exact) mass is 281 g/mol. The normalized spacial score (nSPS) is 3.43. The number of hydrogen-bond acceptors (Lipinski definition) is 3. The second-order valence-corrected chi connectivity index (χ2v) is 0.750. The summed E-state index contributed by atoms with van der Waals surface area (Å²) in [5.74, 6) is 0. The zero-order chi connectivity index (χ0) is 3.58. The molecule has 0 unspecified atom stereocenters. The van der Waals surface area contributed by atoms with Gasteiger partial charge in [-0.15, -0.1) is 0 Å². The minimum atomic E-state index is -3.63. The van der Waals surface area contributed by atoms with Crippen molar-refractivity contribution in [3.8, 4) is 0 Å². The predicted molar refractivity (Wildman–Crippen MR) is 23.7 cm³/mol. The third-order valence-electron chi connectivity index (χ3n) is 0. The first-order valence-electron chi connectivity index (χ1n) is 0.612. The fourth-order valence-electron chi connectivity index (χ4n) is 0. The first-order chi connectivity index (χ1) is 1.73. The largest absolute Gasteiger partial charge is 3.00 e. The van der Waals surface area contributed by atoms with Crippen molar-refractivity contribution in [3.63, 3.8) is 0 Å². The van der Waals surface area contributed by atoms with E-state index >= 15 is 0 Å². The molecule has 7 heavy (non-hydrogen) atoms. The zero-order valence-electron chi connectivity index (χ0n) is 3.72. The molecule has 0 aromatic carbocycles. The topological polar surface area (TPSA) is 63.2 Å². The maximum absolute atomic E-state index is 8.52. The fourth-order valence-corrected chi connectivity index (χ4v) is 0. The van der Waals surface area contributed by atoms with Gasteiger partial charge >= 0.3 is 104 Å². The van der Waals surface area contributed by atoms with E-state index in [1.807, 2.05) is 0 Å². The second-order valence-electron chi connectivity index (χ2n) is 0.250. The van der Waals surface area contributed by atoms with Crippen LogP contribution in [0.3, 0.4) is 0 Å². The number of rotatable bonds is 0. The number of hydrogen-bond donors (Lipinski definition) is 0. The molecule has 0 aliphatic carbocycles. The molecule has 7 heteroatoms. The third kappa shape index (κ3) is 49.3. The second kappa shape index (κ2) is 16.0. The first kappa shape index (κ1) is 22.5. The van der Waals surface area contributed by atoms with Gasteiger partial charge in [-0.05, 0) is 0 Å². The summed E-state index contributed by atoms with van der Waals surface area (Å²) < 4.78 is 8.52. The molecule has 0 saturated heterocycles. The minimum absolute atomic E-state index is 0. The van der Waals surface area contributed by atoms with Crippen LogP contribution in [0, 0.1) is 0 Å². The maximum Gasteiger partial charge on any atom is 3.00 e. The van der Waals surface area contributed by atoms with Gasteiger partial charge in [-0.3, -0.25) is 0 Å². The SMILES string of the molecule is O=[Si]([O-])[O-].[Al+3].[Ba+2].[Ca+2]. The molecule has 0 atom stereocenters. The van der Waals surface area contributed by atoms with Crippen LogP contribution in [0.1, 0.15) is 0 Å². The molecule has 0 N–H and O–H groups in total. The van der Waals surface area contributed by atoms with Gasteiger partial charge in [-0.1, -0.05) is 0 Å². The van der Waals surface area contributed by atoms with E-state index in [2.05, 4.69) is 0 Å². The van der Waals surface area contributed by atoms with Crippen molar-refractivity contribution in [2.75, 3.05) is 0 Å². The van der Waals surface area contributed by atoms with Gasteiger partial charge in [0.15, 0.2) is 0 Å². The van der Waals surface area contributed by atoms with E-state index in [1.165, 1.54) is 0 Å². The van der Waals surface area contributed by atoms with Crippen molar-refractivity contribution >= 4 is 113 Å². The van der Waals surface area contributed by atoms with Crippen molar-refractivity contribution in [1.29, 1.82) is 0 Å². The molecule has 0 aliphatic heterocycles. The Balaban J connectivity index is -0.0000000150. The van der Waals surface area contributed by atoms with Gasteiger partial charge in [0.1, 0.15) is 0 Å². The molecule has 0 fully saturated rings. The molecule has 0 aromatic heterocycles. The molecule has 24 valence electrons. The quantitative estimate of drug-likeness (QED) is 0.425. The van der Waals surface area contributed by atoms with Gasteiger partial charge in [0.2, 0.25) is 0 Å². The van der Waals surface area contributed by atoms with Crippen molar-refractivity contribution in [3.05, 3.63) is 0 Å². The fraction of sp³-hybridized carbons (Fsp3) is 0. The average Bonchev–Trinajstić information content (AvgIpc) is 0.811. The predicted octanol–water partition coefficient (Wildman–Crippen LogP) is -4.02. The summed E-state index contributed by atoms with van der Waals surface area (Å²) in [6.07, 6.45) is 0. The summed E-state index contributed by atoms with van der Waals surface area (Å²) in [5, 5.41) is 0. The average molecular weight is 280 g/mol. The minimum Gasteiger partial charge on any atom is -0.672 e. The van der Waals surface area contributed by atoms with Crippen LogP contribution in [-0.4, -0.2) is 113 Å². The van der Waals surface area contributed by atoms with E-state index in [1.54, 1.807) is 0 Å². The van der Waals surface area contributed by atoms with Crippen LogP contribution in [0.2, 0.25) is 0 Å². The van der Waals surface area contributed by atoms with Crippen molar-refractivity contribution in [1.82, 2.24) is 0 Å². The van der Waals surface area contributed by atoms with Gasteiger partial charge in [-0.2, -0.15) is 0 Å². The molecule has 0 spiro atoms. The summed E-state index contributed by atoms with van der Waals surface area (Å²) in [4.78, 5) is 17.0. The summed E-state index contributed by atoms with van der Waals surface area (Å²) in [7, 11) is -3.63. The molecule has 0 aromatic rings. The Morgan fingerprint density at radius 2 is 1.29 bits per heavy atom. The molecule has 0 amide bonds.